The average molecular weight is 657 g/mol. The lowest BCUT2D eigenvalue weighted by Gasteiger charge is -2.35. The molecule has 2 aliphatic rings. The normalized spacial score (nSPS) is 19.9. The van der Waals surface area contributed by atoms with Gasteiger partial charge >= 0.3 is 5.97 Å². The third-order valence-corrected chi connectivity index (χ3v) is 9.37. The van der Waals surface area contributed by atoms with Crippen LogP contribution < -0.4 is 4.74 Å². The number of aryl methyl sites for hydroxylation is 1. The van der Waals surface area contributed by atoms with Gasteiger partial charge in [0.25, 0.3) is 0 Å². The van der Waals surface area contributed by atoms with Crippen molar-refractivity contribution in [3.63, 3.8) is 0 Å². The molecule has 0 saturated heterocycles. The summed E-state index contributed by atoms with van der Waals surface area (Å²) in [5.74, 6) is -7.65. The Labute approximate surface area is 271 Å². The van der Waals surface area contributed by atoms with Crippen LogP contribution in [0.3, 0.4) is 0 Å². The van der Waals surface area contributed by atoms with Crippen LogP contribution in [0, 0.1) is 46.7 Å². The fraction of sp³-hybridized carbons (Fsp3) is 0.395. The molecular formula is C38H38F6O3. The summed E-state index contributed by atoms with van der Waals surface area (Å²) >= 11 is 0. The smallest absolute Gasteiger partial charge is 0.341 e. The highest BCUT2D eigenvalue weighted by Gasteiger charge is 2.32. The molecule has 0 radical (unpaired) electrons. The van der Waals surface area contributed by atoms with Crippen LogP contribution in [0.4, 0.5) is 26.3 Å². The van der Waals surface area contributed by atoms with Crippen LogP contribution in [0.15, 0.2) is 54.6 Å². The van der Waals surface area contributed by atoms with Gasteiger partial charge < -0.3 is 9.47 Å². The molecular weight excluding hydrogens is 618 g/mol. The Morgan fingerprint density at radius 1 is 0.766 bits per heavy atom. The number of allylic oxidation sites excluding steroid dienone is 4. The largest absolute Gasteiger partial charge is 0.491 e. The Hall–Kier alpha value is -4.01. The van der Waals surface area contributed by atoms with Crippen molar-refractivity contribution in [2.45, 2.75) is 77.7 Å². The molecule has 250 valence electrons. The minimum Gasteiger partial charge on any atom is -0.491 e. The van der Waals surface area contributed by atoms with E-state index in [4.69, 9.17) is 9.47 Å². The summed E-state index contributed by atoms with van der Waals surface area (Å²) in [6.45, 7) is 3.76. The van der Waals surface area contributed by atoms with Crippen LogP contribution in [-0.2, 0) is 11.2 Å². The lowest BCUT2D eigenvalue weighted by atomic mass is 9.72. The van der Waals surface area contributed by atoms with Gasteiger partial charge in [-0.05, 0) is 113 Å². The molecule has 0 spiro atoms. The first-order chi connectivity index (χ1) is 22.6. The summed E-state index contributed by atoms with van der Waals surface area (Å²) in [4.78, 5) is 12.8. The monoisotopic (exact) mass is 656 g/mol. The van der Waals surface area contributed by atoms with E-state index in [2.05, 4.69) is 0 Å². The molecule has 3 aromatic carbocycles. The highest BCUT2D eigenvalue weighted by atomic mass is 19.2. The number of halogens is 6. The van der Waals surface area contributed by atoms with E-state index >= 15 is 8.78 Å². The van der Waals surface area contributed by atoms with E-state index in [9.17, 15) is 22.4 Å². The molecule has 0 bridgehead atoms. The predicted molar refractivity (Wildman–Crippen MR) is 169 cm³/mol. The summed E-state index contributed by atoms with van der Waals surface area (Å²) < 4.78 is 99.5. The van der Waals surface area contributed by atoms with Crippen molar-refractivity contribution >= 4 is 11.5 Å². The summed E-state index contributed by atoms with van der Waals surface area (Å²) in [5, 5.41) is 0. The molecule has 0 aliphatic heterocycles. The van der Waals surface area contributed by atoms with E-state index in [1.165, 1.54) is 18.2 Å². The molecule has 0 N–H and O–H groups in total. The number of hydrogen-bond donors (Lipinski definition) is 0. The summed E-state index contributed by atoms with van der Waals surface area (Å²) in [7, 11) is 0. The van der Waals surface area contributed by atoms with Gasteiger partial charge in [0.1, 0.15) is 6.10 Å². The average Bonchev–Trinajstić information content (AvgIpc) is 3.07. The first-order valence-corrected chi connectivity index (χ1v) is 16.2. The van der Waals surface area contributed by atoms with Crippen molar-refractivity contribution in [1.29, 1.82) is 0 Å². The van der Waals surface area contributed by atoms with Gasteiger partial charge in [0, 0.05) is 16.7 Å². The Morgan fingerprint density at radius 3 is 2.09 bits per heavy atom. The number of carbonyl (C=O) groups is 1. The van der Waals surface area contributed by atoms with Crippen LogP contribution >= 0.6 is 0 Å². The van der Waals surface area contributed by atoms with Gasteiger partial charge in [0.05, 0.1) is 12.2 Å². The van der Waals surface area contributed by atoms with Crippen LogP contribution in [0.25, 0.3) is 16.7 Å². The van der Waals surface area contributed by atoms with E-state index in [0.29, 0.717) is 37.5 Å². The van der Waals surface area contributed by atoms with Crippen molar-refractivity contribution < 1.29 is 40.6 Å². The van der Waals surface area contributed by atoms with Crippen molar-refractivity contribution in [1.82, 2.24) is 0 Å². The number of rotatable bonds is 10. The number of ether oxygens (including phenoxy) is 2. The van der Waals surface area contributed by atoms with Gasteiger partial charge in [-0.25, -0.2) is 26.7 Å². The Bertz CT molecular complexity index is 1670. The zero-order valence-corrected chi connectivity index (χ0v) is 26.5. The molecule has 47 heavy (non-hydrogen) atoms. The van der Waals surface area contributed by atoms with E-state index in [1.54, 1.807) is 19.1 Å². The minimum atomic E-state index is -1.48. The number of esters is 1. The maximum absolute atomic E-state index is 15.1. The fourth-order valence-electron chi connectivity index (χ4n) is 6.78. The second-order valence-electron chi connectivity index (χ2n) is 12.2. The lowest BCUT2D eigenvalue weighted by Crippen LogP contribution is -2.28. The van der Waals surface area contributed by atoms with E-state index in [1.807, 2.05) is 19.1 Å². The quantitative estimate of drug-likeness (QED) is 0.124. The first kappa shape index (κ1) is 34.3. The predicted octanol–water partition coefficient (Wildman–Crippen LogP) is 10.7. The maximum atomic E-state index is 15.1. The Morgan fingerprint density at radius 2 is 1.43 bits per heavy atom. The topological polar surface area (TPSA) is 35.5 Å². The van der Waals surface area contributed by atoms with Crippen LogP contribution in [0.2, 0.25) is 0 Å². The highest BCUT2D eigenvalue weighted by molar-refractivity contribution is 5.90. The molecule has 9 heteroatoms. The number of hydrogen-bond acceptors (Lipinski definition) is 3. The third kappa shape index (κ3) is 7.44. The first-order valence-electron chi connectivity index (χ1n) is 16.2. The standard InChI is InChI=1S/C38H38F6O3/c1-3-5-6-7-25-14-17-28(34(41)32(25)39)29-18-19-30(36(43)35(29)42)38(45)47-26-15-12-23(13-16-26)22-8-10-24(11-9-22)27-20-21-31(46-4-2)37(44)33(27)40/h3,5,10,14,17-23,26H,4,6-9,11-13,15-16H2,1-2H3/b5-3+. The van der Waals surface area contributed by atoms with Gasteiger partial charge in [-0.15, -0.1) is 0 Å². The van der Waals surface area contributed by atoms with Crippen LogP contribution in [0.5, 0.6) is 5.75 Å². The molecule has 5 rings (SSSR count). The summed E-state index contributed by atoms with van der Waals surface area (Å²) in [6, 6.07) is 7.65. The van der Waals surface area contributed by atoms with E-state index in [0.717, 1.165) is 43.4 Å². The number of carbonyl (C=O) groups excluding carboxylic acids is 1. The van der Waals surface area contributed by atoms with Gasteiger partial charge in [-0.2, -0.15) is 4.39 Å². The molecule has 2 aliphatic carbocycles. The molecule has 3 nitrogen and oxygen atoms in total. The van der Waals surface area contributed by atoms with E-state index < -0.39 is 63.7 Å². The van der Waals surface area contributed by atoms with Gasteiger partial charge in [0.2, 0.25) is 5.82 Å². The summed E-state index contributed by atoms with van der Waals surface area (Å²) in [6.07, 6.45) is 10.6. The second kappa shape index (κ2) is 15.3. The van der Waals surface area contributed by atoms with Crippen molar-refractivity contribution in [3.05, 3.63) is 106 Å². The SMILES string of the molecule is C/C=C/CCc1ccc(-c2ccc(C(=O)OC3CCC(C4CC=C(c5ccc(OCC)c(F)c5F)CC4)CC3)c(F)c2F)c(F)c1F. The van der Waals surface area contributed by atoms with Crippen LogP contribution in [0.1, 0.15) is 86.7 Å². The lowest BCUT2D eigenvalue weighted by molar-refractivity contribution is 0.0123. The molecule has 0 amide bonds. The zero-order chi connectivity index (χ0) is 33.7. The van der Waals surface area contributed by atoms with Crippen LogP contribution in [-0.4, -0.2) is 18.7 Å². The van der Waals surface area contributed by atoms with Gasteiger partial charge in [-0.1, -0.05) is 36.4 Å². The maximum Gasteiger partial charge on any atom is 0.341 e. The second-order valence-corrected chi connectivity index (χ2v) is 12.2. The molecule has 1 fully saturated rings. The fourth-order valence-corrected chi connectivity index (χ4v) is 6.78. The summed E-state index contributed by atoms with van der Waals surface area (Å²) in [5.41, 5.74) is -0.387. The van der Waals surface area contributed by atoms with Gasteiger partial charge in [0.15, 0.2) is 34.8 Å². The molecule has 1 saturated carbocycles. The molecule has 1 atom stereocenters. The molecule has 0 heterocycles. The molecule has 3 aromatic rings. The van der Waals surface area contributed by atoms with Crippen molar-refractivity contribution in [2.24, 2.45) is 11.8 Å². The third-order valence-electron chi connectivity index (χ3n) is 9.37. The van der Waals surface area contributed by atoms with Gasteiger partial charge in [-0.3, -0.25) is 0 Å². The van der Waals surface area contributed by atoms with E-state index in [-0.39, 0.29) is 29.9 Å². The molecule has 0 aromatic heterocycles. The number of benzene rings is 3. The highest BCUT2D eigenvalue weighted by Crippen LogP contribution is 2.42. The van der Waals surface area contributed by atoms with Crippen molar-refractivity contribution in [2.75, 3.05) is 6.61 Å². The Balaban J connectivity index is 1.17. The minimum absolute atomic E-state index is 0.102. The van der Waals surface area contributed by atoms with Crippen molar-refractivity contribution in [3.8, 4) is 16.9 Å². The Kier molecular flexibility index (Phi) is 11.1. The zero-order valence-electron chi connectivity index (χ0n) is 26.5. The molecule has 1 unspecified atom stereocenters.